The van der Waals surface area contributed by atoms with Gasteiger partial charge in [0.15, 0.2) is 0 Å². The van der Waals surface area contributed by atoms with Gasteiger partial charge < -0.3 is 20.1 Å². The molecule has 7 heteroatoms. The lowest BCUT2D eigenvalue weighted by Gasteiger charge is -2.24. The second kappa shape index (κ2) is 9.42. The molecule has 1 aliphatic heterocycles. The zero-order valence-corrected chi connectivity index (χ0v) is 18.1. The molecule has 1 unspecified atom stereocenters. The Hall–Kier alpha value is -3.35. The zero-order valence-electron chi connectivity index (χ0n) is 18.1. The first kappa shape index (κ1) is 21.9. The highest BCUT2D eigenvalue weighted by Crippen LogP contribution is 2.44. The highest BCUT2D eigenvalue weighted by Gasteiger charge is 2.35. The predicted octanol–water partition coefficient (Wildman–Crippen LogP) is 3.63. The minimum absolute atomic E-state index is 0.0524. The van der Waals surface area contributed by atoms with E-state index >= 15 is 0 Å². The van der Waals surface area contributed by atoms with Crippen LogP contribution in [0, 0.1) is 5.92 Å². The number of rotatable bonds is 7. The van der Waals surface area contributed by atoms with Crippen molar-refractivity contribution in [2.24, 2.45) is 5.92 Å². The SMILES string of the molecule is CCC[C@@H](NC(=O)OCC1c2ccccc2-c2ccccc21)C(=O)N1CCC(C(=O)O)C1. The predicted molar refractivity (Wildman–Crippen MR) is 119 cm³/mol. The number of alkyl carbamates (subject to hydrolysis) is 1. The van der Waals surface area contributed by atoms with Gasteiger partial charge in [-0.05, 0) is 35.1 Å². The van der Waals surface area contributed by atoms with Crippen LogP contribution in [-0.4, -0.2) is 53.7 Å². The molecule has 0 bridgehead atoms. The van der Waals surface area contributed by atoms with Crippen molar-refractivity contribution in [2.75, 3.05) is 19.7 Å². The molecule has 4 rings (SSSR count). The van der Waals surface area contributed by atoms with Crippen molar-refractivity contribution in [3.8, 4) is 11.1 Å². The summed E-state index contributed by atoms with van der Waals surface area (Å²) in [5.74, 6) is -1.74. The summed E-state index contributed by atoms with van der Waals surface area (Å²) in [6.07, 6.45) is 0.978. The Balaban J connectivity index is 1.39. The number of aliphatic carboxylic acids is 1. The lowest BCUT2D eigenvalue weighted by molar-refractivity contribution is -0.141. The van der Waals surface area contributed by atoms with E-state index in [0.29, 0.717) is 25.8 Å². The minimum Gasteiger partial charge on any atom is -0.481 e. The second-order valence-electron chi connectivity index (χ2n) is 8.42. The van der Waals surface area contributed by atoms with E-state index in [2.05, 4.69) is 29.6 Å². The summed E-state index contributed by atoms with van der Waals surface area (Å²) >= 11 is 0. The van der Waals surface area contributed by atoms with Gasteiger partial charge in [-0.25, -0.2) is 4.79 Å². The number of carbonyl (C=O) groups excluding carboxylic acids is 2. The van der Waals surface area contributed by atoms with E-state index in [-0.39, 0.29) is 25.0 Å². The Morgan fingerprint density at radius 3 is 2.28 bits per heavy atom. The maximum atomic E-state index is 12.9. The summed E-state index contributed by atoms with van der Waals surface area (Å²) in [6, 6.07) is 15.5. The fourth-order valence-corrected chi connectivity index (χ4v) is 4.71. The third-order valence-corrected chi connectivity index (χ3v) is 6.36. The van der Waals surface area contributed by atoms with Gasteiger partial charge in [0.1, 0.15) is 12.6 Å². The van der Waals surface area contributed by atoms with E-state index in [9.17, 15) is 19.5 Å². The third-order valence-electron chi connectivity index (χ3n) is 6.36. The van der Waals surface area contributed by atoms with Gasteiger partial charge in [0.25, 0.3) is 0 Å². The summed E-state index contributed by atoms with van der Waals surface area (Å²) in [6.45, 7) is 2.69. The molecule has 2 N–H and O–H groups in total. The van der Waals surface area contributed by atoms with Crippen LogP contribution in [0.15, 0.2) is 48.5 Å². The van der Waals surface area contributed by atoms with Crippen molar-refractivity contribution in [3.63, 3.8) is 0 Å². The molecular weight excluding hydrogens is 408 g/mol. The van der Waals surface area contributed by atoms with Gasteiger partial charge in [0, 0.05) is 19.0 Å². The third kappa shape index (κ3) is 4.33. The van der Waals surface area contributed by atoms with Crippen molar-refractivity contribution in [1.82, 2.24) is 10.2 Å². The Labute approximate surface area is 187 Å². The monoisotopic (exact) mass is 436 g/mol. The molecule has 2 aromatic carbocycles. The number of carbonyl (C=O) groups is 3. The molecule has 32 heavy (non-hydrogen) atoms. The summed E-state index contributed by atoms with van der Waals surface area (Å²) in [4.78, 5) is 38.2. The second-order valence-corrected chi connectivity index (χ2v) is 8.42. The number of carboxylic acid groups (broad SMARTS) is 1. The number of nitrogens with one attached hydrogen (secondary N) is 1. The summed E-state index contributed by atoms with van der Waals surface area (Å²) < 4.78 is 5.57. The highest BCUT2D eigenvalue weighted by atomic mass is 16.5. The number of fused-ring (bicyclic) bond motifs is 3. The average Bonchev–Trinajstić information content (AvgIpc) is 3.41. The first-order chi connectivity index (χ1) is 15.5. The Morgan fingerprint density at radius 2 is 1.72 bits per heavy atom. The molecule has 0 saturated carbocycles. The molecule has 1 saturated heterocycles. The number of hydrogen-bond acceptors (Lipinski definition) is 4. The molecule has 0 aromatic heterocycles. The molecule has 2 atom stereocenters. The zero-order chi connectivity index (χ0) is 22.7. The summed E-state index contributed by atoms with van der Waals surface area (Å²) in [5, 5.41) is 11.9. The summed E-state index contributed by atoms with van der Waals surface area (Å²) in [5.41, 5.74) is 4.55. The Bertz CT molecular complexity index is 975. The van der Waals surface area contributed by atoms with Crippen LogP contribution in [-0.2, 0) is 14.3 Å². The van der Waals surface area contributed by atoms with Crippen molar-refractivity contribution >= 4 is 18.0 Å². The van der Waals surface area contributed by atoms with E-state index in [1.54, 1.807) is 0 Å². The van der Waals surface area contributed by atoms with Gasteiger partial charge in [-0.3, -0.25) is 9.59 Å². The fourth-order valence-electron chi connectivity index (χ4n) is 4.71. The van der Waals surface area contributed by atoms with E-state index < -0.39 is 24.0 Å². The van der Waals surface area contributed by atoms with Crippen LogP contribution in [0.4, 0.5) is 4.79 Å². The molecule has 7 nitrogen and oxygen atoms in total. The van der Waals surface area contributed by atoms with E-state index in [0.717, 1.165) is 22.3 Å². The summed E-state index contributed by atoms with van der Waals surface area (Å²) in [7, 11) is 0. The van der Waals surface area contributed by atoms with Gasteiger partial charge in [-0.2, -0.15) is 0 Å². The normalized spacial score (nSPS) is 18.0. The van der Waals surface area contributed by atoms with E-state index in [4.69, 9.17) is 4.74 Å². The molecule has 1 heterocycles. The van der Waals surface area contributed by atoms with Gasteiger partial charge in [-0.15, -0.1) is 0 Å². The fraction of sp³-hybridized carbons (Fsp3) is 0.400. The average molecular weight is 437 g/mol. The van der Waals surface area contributed by atoms with Crippen LogP contribution >= 0.6 is 0 Å². The number of benzene rings is 2. The molecule has 0 radical (unpaired) electrons. The lowest BCUT2D eigenvalue weighted by Crippen LogP contribution is -2.48. The standard InChI is InChI=1S/C25H28N2O5/c1-2-7-22(23(28)27-13-12-16(14-27)24(29)30)26-25(31)32-15-21-19-10-5-3-8-17(19)18-9-4-6-11-20(18)21/h3-6,8-11,16,21-22H,2,7,12-15H2,1H3,(H,26,31)(H,29,30)/t16?,22-/m1/s1. The maximum absolute atomic E-state index is 12.9. The highest BCUT2D eigenvalue weighted by molar-refractivity contribution is 5.86. The number of amides is 2. The first-order valence-electron chi connectivity index (χ1n) is 11.1. The molecule has 1 aliphatic carbocycles. The molecule has 1 fully saturated rings. The Morgan fingerprint density at radius 1 is 1.09 bits per heavy atom. The van der Waals surface area contributed by atoms with Crippen molar-refractivity contribution in [1.29, 1.82) is 0 Å². The van der Waals surface area contributed by atoms with Gasteiger partial charge in [0.2, 0.25) is 5.91 Å². The topological polar surface area (TPSA) is 95.9 Å². The first-order valence-corrected chi connectivity index (χ1v) is 11.1. The number of ether oxygens (including phenoxy) is 1. The molecule has 2 aromatic rings. The lowest BCUT2D eigenvalue weighted by atomic mass is 9.98. The van der Waals surface area contributed by atoms with E-state index in [1.165, 1.54) is 4.90 Å². The molecular formula is C25H28N2O5. The smallest absolute Gasteiger partial charge is 0.407 e. The van der Waals surface area contributed by atoms with Crippen LogP contribution in [0.25, 0.3) is 11.1 Å². The number of carboxylic acids is 1. The molecule has 2 amide bonds. The van der Waals surface area contributed by atoms with Crippen molar-refractivity contribution in [3.05, 3.63) is 59.7 Å². The van der Waals surface area contributed by atoms with Gasteiger partial charge in [0.05, 0.1) is 5.92 Å². The quantitative estimate of drug-likeness (QED) is 0.691. The van der Waals surface area contributed by atoms with Crippen LogP contribution < -0.4 is 5.32 Å². The minimum atomic E-state index is -0.892. The van der Waals surface area contributed by atoms with Crippen LogP contribution in [0.3, 0.4) is 0 Å². The van der Waals surface area contributed by atoms with Crippen LogP contribution in [0.1, 0.15) is 43.2 Å². The van der Waals surface area contributed by atoms with E-state index in [1.807, 2.05) is 31.2 Å². The molecule has 168 valence electrons. The maximum Gasteiger partial charge on any atom is 0.407 e. The van der Waals surface area contributed by atoms with Crippen molar-refractivity contribution in [2.45, 2.75) is 38.1 Å². The molecule has 0 spiro atoms. The number of nitrogens with zero attached hydrogens (tertiary/aromatic N) is 1. The number of likely N-dealkylation sites (tertiary alicyclic amines) is 1. The van der Waals surface area contributed by atoms with Crippen molar-refractivity contribution < 1.29 is 24.2 Å². The largest absolute Gasteiger partial charge is 0.481 e. The van der Waals surface area contributed by atoms with Gasteiger partial charge >= 0.3 is 12.1 Å². The van der Waals surface area contributed by atoms with Crippen LogP contribution in [0.2, 0.25) is 0 Å². The van der Waals surface area contributed by atoms with Gasteiger partial charge in [-0.1, -0.05) is 61.9 Å². The molecule has 2 aliphatic rings. The van der Waals surface area contributed by atoms with Crippen LogP contribution in [0.5, 0.6) is 0 Å². The number of hydrogen-bond donors (Lipinski definition) is 2. The Kier molecular flexibility index (Phi) is 6.44.